The number of carbonyl (C=O) groups is 1. The van der Waals surface area contributed by atoms with Crippen LogP contribution in [0.5, 0.6) is 0 Å². The summed E-state index contributed by atoms with van der Waals surface area (Å²) in [5.41, 5.74) is 0.957. The van der Waals surface area contributed by atoms with Crippen molar-refractivity contribution in [2.75, 3.05) is 13.1 Å². The number of piperidine rings is 1. The molecule has 4 rings (SSSR count). The molecule has 1 aliphatic rings. The van der Waals surface area contributed by atoms with Crippen molar-refractivity contribution in [3.05, 3.63) is 60.7 Å². The summed E-state index contributed by atoms with van der Waals surface area (Å²) in [7, 11) is 0. The summed E-state index contributed by atoms with van der Waals surface area (Å²) in [4.78, 5) is 17.5. The average molecular weight is 388 g/mol. The van der Waals surface area contributed by atoms with E-state index < -0.39 is 5.54 Å². The van der Waals surface area contributed by atoms with E-state index in [1.807, 2.05) is 42.6 Å². The second-order valence-electron chi connectivity index (χ2n) is 6.42. The Balaban J connectivity index is 0.00000210. The van der Waals surface area contributed by atoms with Crippen LogP contribution in [0.4, 0.5) is 0 Å². The molecular formula is C19H22ClN5O2. The van der Waals surface area contributed by atoms with Crippen LogP contribution in [0.3, 0.4) is 0 Å². The maximum Gasteiger partial charge on any atom is 0.248 e. The molecule has 27 heavy (non-hydrogen) atoms. The topological polar surface area (TPSA) is 85.0 Å². The van der Waals surface area contributed by atoms with E-state index in [4.69, 9.17) is 4.42 Å². The quantitative estimate of drug-likeness (QED) is 0.702. The highest BCUT2D eigenvalue weighted by Crippen LogP contribution is 2.27. The van der Waals surface area contributed by atoms with Gasteiger partial charge in [-0.15, -0.1) is 12.4 Å². The van der Waals surface area contributed by atoms with E-state index in [-0.39, 0.29) is 18.3 Å². The number of aromatic nitrogens is 3. The average Bonchev–Trinajstić information content (AvgIpc) is 3.39. The number of rotatable bonds is 5. The first-order chi connectivity index (χ1) is 12.8. The minimum absolute atomic E-state index is 0. The molecule has 0 radical (unpaired) electrons. The summed E-state index contributed by atoms with van der Waals surface area (Å²) in [6, 6.07) is 11.5. The minimum Gasteiger partial charge on any atom is -0.444 e. The van der Waals surface area contributed by atoms with E-state index in [0.29, 0.717) is 31.0 Å². The molecule has 142 valence electrons. The van der Waals surface area contributed by atoms with Gasteiger partial charge in [0.15, 0.2) is 0 Å². The summed E-state index contributed by atoms with van der Waals surface area (Å²) in [5.74, 6) is 0.519. The Bertz CT molecular complexity index is 857. The molecule has 1 aliphatic heterocycles. The van der Waals surface area contributed by atoms with Crippen molar-refractivity contribution >= 4 is 18.3 Å². The molecule has 0 unspecified atom stereocenters. The third-order valence-electron chi connectivity index (χ3n) is 4.80. The molecule has 3 heterocycles. The van der Waals surface area contributed by atoms with Gasteiger partial charge in [0.05, 0.1) is 12.2 Å². The Labute approximate surface area is 163 Å². The van der Waals surface area contributed by atoms with Crippen molar-refractivity contribution in [1.29, 1.82) is 0 Å². The lowest BCUT2D eigenvalue weighted by molar-refractivity contribution is -0.132. The van der Waals surface area contributed by atoms with Gasteiger partial charge in [-0.05, 0) is 44.1 Å². The maximum atomic E-state index is 13.0. The van der Waals surface area contributed by atoms with Crippen LogP contribution in [0.1, 0.15) is 18.5 Å². The van der Waals surface area contributed by atoms with Crippen LogP contribution in [0, 0.1) is 0 Å². The predicted octanol–water partition coefficient (Wildman–Crippen LogP) is 2.35. The van der Waals surface area contributed by atoms with Crippen LogP contribution in [0.2, 0.25) is 0 Å². The van der Waals surface area contributed by atoms with Gasteiger partial charge in [0.2, 0.25) is 11.8 Å². The zero-order chi connectivity index (χ0) is 17.8. The fourth-order valence-electron chi connectivity index (χ4n) is 3.36. The third kappa shape index (κ3) is 3.89. The maximum absolute atomic E-state index is 13.0. The highest BCUT2D eigenvalue weighted by molar-refractivity contribution is 5.85. The number of halogens is 1. The van der Waals surface area contributed by atoms with Crippen LogP contribution in [0.25, 0.3) is 11.5 Å². The van der Waals surface area contributed by atoms with Crippen LogP contribution >= 0.6 is 12.4 Å². The summed E-state index contributed by atoms with van der Waals surface area (Å²) in [6.45, 7) is 1.90. The smallest absolute Gasteiger partial charge is 0.248 e. The van der Waals surface area contributed by atoms with E-state index in [0.717, 1.165) is 18.7 Å². The van der Waals surface area contributed by atoms with E-state index in [1.165, 1.54) is 0 Å². The second-order valence-corrected chi connectivity index (χ2v) is 6.42. The molecule has 1 amide bonds. The first-order valence-electron chi connectivity index (χ1n) is 8.77. The van der Waals surface area contributed by atoms with Gasteiger partial charge < -0.3 is 15.1 Å². The Morgan fingerprint density at radius 1 is 1.22 bits per heavy atom. The Morgan fingerprint density at radius 2 is 2.00 bits per heavy atom. The molecule has 0 saturated carbocycles. The molecule has 2 N–H and O–H groups in total. The Hall–Kier alpha value is -2.64. The normalized spacial score (nSPS) is 15.7. The first kappa shape index (κ1) is 19.1. The molecule has 3 aromatic rings. The lowest BCUT2D eigenvalue weighted by atomic mass is 9.87. The van der Waals surface area contributed by atoms with E-state index in [9.17, 15) is 4.79 Å². The Kier molecular flexibility index (Phi) is 5.93. The molecule has 1 fully saturated rings. The van der Waals surface area contributed by atoms with Crippen molar-refractivity contribution in [1.82, 2.24) is 25.4 Å². The monoisotopic (exact) mass is 387 g/mol. The molecule has 0 atom stereocenters. The lowest BCUT2D eigenvalue weighted by Gasteiger charge is -2.36. The fraction of sp³-hybridized carbons (Fsp3) is 0.316. The van der Waals surface area contributed by atoms with Gasteiger partial charge in [-0.25, -0.2) is 4.98 Å². The van der Waals surface area contributed by atoms with Gasteiger partial charge in [0.1, 0.15) is 11.8 Å². The molecular weight excluding hydrogens is 366 g/mol. The molecule has 0 aliphatic carbocycles. The van der Waals surface area contributed by atoms with Crippen molar-refractivity contribution in [2.45, 2.75) is 24.9 Å². The van der Waals surface area contributed by atoms with Crippen LogP contribution in [0.15, 0.2) is 59.5 Å². The fourth-order valence-corrected chi connectivity index (χ4v) is 3.36. The van der Waals surface area contributed by atoms with Gasteiger partial charge in [0.25, 0.3) is 0 Å². The summed E-state index contributed by atoms with van der Waals surface area (Å²) < 4.78 is 7.32. The van der Waals surface area contributed by atoms with Crippen molar-refractivity contribution in [3.8, 4) is 11.5 Å². The van der Waals surface area contributed by atoms with Crippen LogP contribution in [-0.2, 0) is 16.9 Å². The Morgan fingerprint density at radius 3 is 2.70 bits per heavy atom. The van der Waals surface area contributed by atoms with E-state index >= 15 is 0 Å². The molecule has 2 aromatic heterocycles. The first-order valence-corrected chi connectivity index (χ1v) is 8.77. The zero-order valence-corrected chi connectivity index (χ0v) is 15.6. The molecule has 1 aromatic carbocycles. The number of hydrogen-bond donors (Lipinski definition) is 2. The predicted molar refractivity (Wildman–Crippen MR) is 103 cm³/mol. The molecule has 1 saturated heterocycles. The molecule has 7 nitrogen and oxygen atoms in total. The van der Waals surface area contributed by atoms with Crippen molar-refractivity contribution in [3.63, 3.8) is 0 Å². The number of carbonyl (C=O) groups excluding carboxylic acids is 1. The SMILES string of the molecule is Cl.O=C(NCc1coc(-c2ccccc2)n1)C1(n2cccn2)CCNCC1. The number of hydrogen-bond acceptors (Lipinski definition) is 5. The number of amides is 1. The highest BCUT2D eigenvalue weighted by Gasteiger charge is 2.41. The zero-order valence-electron chi connectivity index (χ0n) is 14.8. The van der Waals surface area contributed by atoms with Gasteiger partial charge in [-0.1, -0.05) is 18.2 Å². The molecule has 0 spiro atoms. The van der Waals surface area contributed by atoms with Crippen molar-refractivity contribution < 1.29 is 9.21 Å². The molecule has 0 bridgehead atoms. The highest BCUT2D eigenvalue weighted by atomic mass is 35.5. The number of nitrogens with zero attached hydrogens (tertiary/aromatic N) is 3. The number of nitrogens with one attached hydrogen (secondary N) is 2. The largest absolute Gasteiger partial charge is 0.444 e. The second kappa shape index (κ2) is 8.37. The van der Waals surface area contributed by atoms with Crippen molar-refractivity contribution in [2.24, 2.45) is 0 Å². The van der Waals surface area contributed by atoms with Gasteiger partial charge in [-0.3, -0.25) is 9.48 Å². The van der Waals surface area contributed by atoms with E-state index in [1.54, 1.807) is 17.1 Å². The number of oxazole rings is 1. The van der Waals surface area contributed by atoms with Crippen LogP contribution in [-0.4, -0.2) is 33.8 Å². The minimum atomic E-state index is -0.652. The third-order valence-corrected chi connectivity index (χ3v) is 4.80. The van der Waals surface area contributed by atoms with Gasteiger partial charge in [-0.2, -0.15) is 5.10 Å². The summed E-state index contributed by atoms with van der Waals surface area (Å²) >= 11 is 0. The summed E-state index contributed by atoms with van der Waals surface area (Å²) in [6.07, 6.45) is 6.56. The van der Waals surface area contributed by atoms with Crippen LogP contribution < -0.4 is 10.6 Å². The van der Waals surface area contributed by atoms with Gasteiger partial charge >= 0.3 is 0 Å². The standard InChI is InChI=1S/C19H21N5O2.ClH/c25-18(19(7-10-20-11-8-19)24-12-4-9-22-24)21-13-16-14-26-17(23-16)15-5-2-1-3-6-15;/h1-6,9,12,14,20H,7-8,10-11,13H2,(H,21,25);1H. The van der Waals surface area contributed by atoms with E-state index in [2.05, 4.69) is 20.7 Å². The number of benzene rings is 1. The lowest BCUT2D eigenvalue weighted by Crippen LogP contribution is -2.54. The summed E-state index contributed by atoms with van der Waals surface area (Å²) in [5, 5.41) is 10.6. The molecule has 8 heteroatoms. The van der Waals surface area contributed by atoms with Gasteiger partial charge in [0, 0.05) is 18.0 Å².